The molecule has 9 nitrogen and oxygen atoms in total. The minimum Gasteiger partial charge on any atom is -0.298 e. The van der Waals surface area contributed by atoms with Gasteiger partial charge in [0.1, 0.15) is 0 Å². The maximum atomic E-state index is 12.9. The first kappa shape index (κ1) is 19.6. The molecule has 1 N–H and O–H groups in total. The number of nitro groups is 1. The summed E-state index contributed by atoms with van der Waals surface area (Å²) >= 11 is 2.65. The molecule has 2 aromatic heterocycles. The number of thiazole rings is 1. The first-order valence-corrected chi connectivity index (χ1v) is 11.6. The van der Waals surface area contributed by atoms with Crippen molar-refractivity contribution in [2.75, 3.05) is 11.9 Å². The van der Waals surface area contributed by atoms with Crippen LogP contribution in [0.3, 0.4) is 0 Å². The fourth-order valence-electron chi connectivity index (χ4n) is 2.90. The van der Waals surface area contributed by atoms with Crippen molar-refractivity contribution in [2.45, 2.75) is 17.9 Å². The minimum absolute atomic E-state index is 0.104. The zero-order valence-corrected chi connectivity index (χ0v) is 17.2. The van der Waals surface area contributed by atoms with E-state index in [1.54, 1.807) is 16.8 Å². The van der Waals surface area contributed by atoms with Crippen LogP contribution in [0.25, 0.3) is 0 Å². The predicted octanol–water partition coefficient (Wildman–Crippen LogP) is 3.11. The molecule has 0 unspecified atom stereocenters. The van der Waals surface area contributed by atoms with Gasteiger partial charge in [0.25, 0.3) is 11.6 Å². The molecule has 0 radical (unpaired) electrons. The lowest BCUT2D eigenvalue weighted by Gasteiger charge is -2.25. The van der Waals surface area contributed by atoms with Gasteiger partial charge in [0.2, 0.25) is 10.0 Å². The largest absolute Gasteiger partial charge is 0.298 e. The molecule has 3 aromatic rings. The molecule has 1 aliphatic heterocycles. The lowest BCUT2D eigenvalue weighted by Crippen LogP contribution is -2.35. The average molecular weight is 451 g/mol. The normalized spacial score (nSPS) is 14.3. The molecule has 4 rings (SSSR count). The molecule has 150 valence electrons. The smallest absolute Gasteiger partial charge is 0.270 e. The van der Waals surface area contributed by atoms with Crippen LogP contribution in [0, 0.1) is 10.1 Å². The Balaban J connectivity index is 1.54. The molecular weight excluding hydrogens is 436 g/mol. The van der Waals surface area contributed by atoms with Crippen LogP contribution in [0.15, 0.2) is 46.0 Å². The van der Waals surface area contributed by atoms with Crippen LogP contribution in [-0.4, -0.2) is 35.1 Å². The Hall–Kier alpha value is -2.67. The highest BCUT2D eigenvalue weighted by molar-refractivity contribution is 7.89. The molecule has 0 fully saturated rings. The van der Waals surface area contributed by atoms with Gasteiger partial charge in [0.15, 0.2) is 5.13 Å². The first-order valence-electron chi connectivity index (χ1n) is 8.41. The van der Waals surface area contributed by atoms with Crippen molar-refractivity contribution in [3.63, 3.8) is 0 Å². The van der Waals surface area contributed by atoms with Crippen molar-refractivity contribution in [3.05, 3.63) is 67.3 Å². The number of nitrogens with one attached hydrogen (secondary N) is 1. The standard InChI is InChI=1S/C17H14N4O5S3/c22-16(11-5-7-27-10-11)19-17-18-14-4-6-20(9-15(14)28-17)29(25,26)13-3-1-2-12(8-13)21(23)24/h1-3,5,7-8,10H,4,6,9H2,(H,18,19,22). The van der Waals surface area contributed by atoms with Crippen molar-refractivity contribution in [1.29, 1.82) is 0 Å². The van der Waals surface area contributed by atoms with Crippen LogP contribution in [-0.2, 0) is 23.0 Å². The Morgan fingerprint density at radius 1 is 1.31 bits per heavy atom. The number of hydrogen-bond donors (Lipinski definition) is 1. The molecule has 0 saturated carbocycles. The van der Waals surface area contributed by atoms with E-state index in [9.17, 15) is 23.3 Å². The van der Waals surface area contributed by atoms with E-state index in [1.165, 1.54) is 45.2 Å². The summed E-state index contributed by atoms with van der Waals surface area (Å²) in [5.74, 6) is -0.265. The van der Waals surface area contributed by atoms with Crippen LogP contribution in [0.1, 0.15) is 20.9 Å². The number of non-ortho nitro benzene ring substituents is 1. The van der Waals surface area contributed by atoms with Gasteiger partial charge in [-0.3, -0.25) is 20.2 Å². The Bertz CT molecular complexity index is 1190. The third-order valence-corrected chi connectivity index (χ3v) is 7.89. The Labute approximate surface area is 173 Å². The highest BCUT2D eigenvalue weighted by atomic mass is 32.2. The van der Waals surface area contributed by atoms with E-state index in [0.717, 1.165) is 16.6 Å². The van der Waals surface area contributed by atoms with E-state index in [4.69, 9.17) is 0 Å². The zero-order valence-electron chi connectivity index (χ0n) is 14.8. The number of fused-ring (bicyclic) bond motifs is 1. The van der Waals surface area contributed by atoms with Gasteiger partial charge in [-0.05, 0) is 17.5 Å². The van der Waals surface area contributed by atoms with Crippen LogP contribution < -0.4 is 5.32 Å². The molecule has 0 aliphatic carbocycles. The molecule has 12 heteroatoms. The Morgan fingerprint density at radius 2 is 2.14 bits per heavy atom. The maximum Gasteiger partial charge on any atom is 0.270 e. The molecule has 29 heavy (non-hydrogen) atoms. The molecule has 0 saturated heterocycles. The summed E-state index contributed by atoms with van der Waals surface area (Å²) < 4.78 is 27.1. The van der Waals surface area contributed by atoms with Crippen molar-refractivity contribution in [1.82, 2.24) is 9.29 Å². The number of sulfonamides is 1. The molecule has 0 atom stereocenters. The number of nitro benzene ring substituents is 1. The third kappa shape index (κ3) is 3.92. The quantitative estimate of drug-likeness (QED) is 0.471. The fraction of sp³-hybridized carbons (Fsp3) is 0.176. The Morgan fingerprint density at radius 3 is 2.86 bits per heavy atom. The molecule has 0 bridgehead atoms. The van der Waals surface area contributed by atoms with Crippen LogP contribution in [0.2, 0.25) is 0 Å². The van der Waals surface area contributed by atoms with E-state index >= 15 is 0 Å². The van der Waals surface area contributed by atoms with Gasteiger partial charge in [-0.25, -0.2) is 13.4 Å². The second kappa shape index (κ2) is 7.63. The number of carbonyl (C=O) groups is 1. The summed E-state index contributed by atoms with van der Waals surface area (Å²) in [6.45, 7) is 0.312. The van der Waals surface area contributed by atoms with Crippen molar-refractivity contribution in [3.8, 4) is 0 Å². The number of anilines is 1. The van der Waals surface area contributed by atoms with E-state index in [0.29, 0.717) is 17.1 Å². The van der Waals surface area contributed by atoms with Gasteiger partial charge in [-0.1, -0.05) is 6.07 Å². The number of aromatic nitrogens is 1. The second-order valence-electron chi connectivity index (χ2n) is 6.20. The lowest BCUT2D eigenvalue weighted by atomic mass is 10.2. The summed E-state index contributed by atoms with van der Waals surface area (Å²) in [7, 11) is -3.89. The van der Waals surface area contributed by atoms with Crippen LogP contribution in [0.5, 0.6) is 0 Å². The molecule has 1 amide bonds. The number of carbonyl (C=O) groups excluding carboxylic acids is 1. The number of rotatable bonds is 5. The highest BCUT2D eigenvalue weighted by Gasteiger charge is 2.31. The van der Waals surface area contributed by atoms with E-state index in [-0.39, 0.29) is 29.6 Å². The third-order valence-electron chi connectivity index (χ3n) is 4.37. The number of thiophene rings is 1. The van der Waals surface area contributed by atoms with Crippen molar-refractivity contribution < 1.29 is 18.1 Å². The van der Waals surface area contributed by atoms with Gasteiger partial charge in [-0.2, -0.15) is 15.6 Å². The zero-order chi connectivity index (χ0) is 20.6. The second-order valence-corrected chi connectivity index (χ2v) is 10.00. The molecule has 0 spiro atoms. The summed E-state index contributed by atoms with van der Waals surface area (Å²) in [5.41, 5.74) is 1.01. The van der Waals surface area contributed by atoms with Crippen LogP contribution in [0.4, 0.5) is 10.8 Å². The maximum absolute atomic E-state index is 12.9. The highest BCUT2D eigenvalue weighted by Crippen LogP contribution is 2.32. The number of hydrogen-bond acceptors (Lipinski definition) is 8. The van der Waals surface area contributed by atoms with E-state index < -0.39 is 14.9 Å². The average Bonchev–Trinajstić information content (AvgIpc) is 3.37. The van der Waals surface area contributed by atoms with E-state index in [2.05, 4.69) is 10.3 Å². The number of benzene rings is 1. The van der Waals surface area contributed by atoms with Crippen molar-refractivity contribution in [2.24, 2.45) is 0 Å². The summed E-state index contributed by atoms with van der Waals surface area (Å²) in [4.78, 5) is 27.5. The lowest BCUT2D eigenvalue weighted by molar-refractivity contribution is -0.385. The molecular formula is C17H14N4O5S3. The summed E-state index contributed by atoms with van der Waals surface area (Å²) in [5, 5.41) is 17.6. The Kier molecular flexibility index (Phi) is 5.17. The van der Waals surface area contributed by atoms with E-state index in [1.807, 2.05) is 0 Å². The van der Waals surface area contributed by atoms with Crippen molar-refractivity contribution >= 4 is 49.4 Å². The fourth-order valence-corrected chi connectivity index (χ4v) is 6.09. The minimum atomic E-state index is -3.89. The molecule has 1 aromatic carbocycles. The van der Waals surface area contributed by atoms with Gasteiger partial charge in [0, 0.05) is 35.4 Å². The monoisotopic (exact) mass is 450 g/mol. The SMILES string of the molecule is O=C(Nc1nc2c(s1)CN(S(=O)(=O)c1cccc([N+](=O)[O-])c1)CC2)c1ccsc1. The van der Waals surface area contributed by atoms with Crippen LogP contribution >= 0.6 is 22.7 Å². The van der Waals surface area contributed by atoms with Gasteiger partial charge in [0.05, 0.1) is 27.6 Å². The summed E-state index contributed by atoms with van der Waals surface area (Å²) in [6.07, 6.45) is 0.397. The summed E-state index contributed by atoms with van der Waals surface area (Å²) in [6, 6.07) is 6.71. The molecule has 1 aliphatic rings. The number of amides is 1. The van der Waals surface area contributed by atoms with Gasteiger partial charge < -0.3 is 0 Å². The number of nitrogens with zero attached hydrogens (tertiary/aromatic N) is 3. The topological polar surface area (TPSA) is 123 Å². The predicted molar refractivity (Wildman–Crippen MR) is 109 cm³/mol. The first-order chi connectivity index (χ1) is 13.8. The molecule has 3 heterocycles. The van der Waals surface area contributed by atoms with Gasteiger partial charge >= 0.3 is 0 Å². The van der Waals surface area contributed by atoms with Gasteiger partial charge in [-0.15, -0.1) is 11.3 Å².